The Morgan fingerprint density at radius 1 is 1.23 bits per heavy atom. The second-order valence-corrected chi connectivity index (χ2v) is 12.5. The van der Waals surface area contributed by atoms with Crippen LogP contribution in [0.25, 0.3) is 10.1 Å². The third-order valence-corrected chi connectivity index (χ3v) is 9.37. The summed E-state index contributed by atoms with van der Waals surface area (Å²) in [4.78, 5) is 16.0. The number of thiophene rings is 1. The van der Waals surface area contributed by atoms with Crippen LogP contribution in [0.15, 0.2) is 42.5 Å². The Balaban J connectivity index is 1.68. The van der Waals surface area contributed by atoms with Gasteiger partial charge in [0.25, 0.3) is 5.91 Å². The van der Waals surface area contributed by atoms with E-state index in [4.69, 9.17) is 11.6 Å². The van der Waals surface area contributed by atoms with Crippen molar-refractivity contribution in [2.75, 3.05) is 11.5 Å². The molecule has 2 aromatic carbocycles. The van der Waals surface area contributed by atoms with Crippen LogP contribution in [0, 0.1) is 6.92 Å². The van der Waals surface area contributed by atoms with Gasteiger partial charge in [-0.15, -0.1) is 11.3 Å². The molecular formula is C24H28ClNO3S2. The molecule has 2 heterocycles. The van der Waals surface area contributed by atoms with E-state index < -0.39 is 10.6 Å². The SMILES string of the molecule is Cc1ccc2c(Cl)c(C(=O)N(Cc3ccc(C(C)C)cc3)C3CCS(O)(O)C3)sc2c1. The molecule has 7 heteroatoms. The highest BCUT2D eigenvalue weighted by Crippen LogP contribution is 2.48. The first-order valence-electron chi connectivity index (χ1n) is 10.5. The maximum Gasteiger partial charge on any atom is 0.266 e. The van der Waals surface area contributed by atoms with Gasteiger partial charge in [-0.25, -0.2) is 0 Å². The summed E-state index contributed by atoms with van der Waals surface area (Å²) in [6, 6.07) is 14.1. The topological polar surface area (TPSA) is 60.8 Å². The minimum atomic E-state index is -2.63. The summed E-state index contributed by atoms with van der Waals surface area (Å²) in [5.74, 6) is 0.867. The van der Waals surface area contributed by atoms with E-state index in [1.165, 1.54) is 16.9 Å². The lowest BCUT2D eigenvalue weighted by Crippen LogP contribution is -2.40. The maximum atomic E-state index is 13.7. The highest BCUT2D eigenvalue weighted by molar-refractivity contribution is 8.24. The smallest absolute Gasteiger partial charge is 0.266 e. The lowest BCUT2D eigenvalue weighted by atomic mass is 10.0. The Bertz CT molecular complexity index is 1110. The van der Waals surface area contributed by atoms with E-state index in [0.717, 1.165) is 21.2 Å². The number of carbonyl (C=O) groups is 1. The molecule has 1 aromatic heterocycles. The lowest BCUT2D eigenvalue weighted by Gasteiger charge is -2.31. The van der Waals surface area contributed by atoms with Crippen molar-refractivity contribution in [2.45, 2.75) is 45.7 Å². The minimum absolute atomic E-state index is 0.140. The van der Waals surface area contributed by atoms with Crippen molar-refractivity contribution in [3.05, 3.63) is 69.1 Å². The highest BCUT2D eigenvalue weighted by Gasteiger charge is 2.36. The van der Waals surface area contributed by atoms with Gasteiger partial charge in [0.15, 0.2) is 0 Å². The number of hydrogen-bond acceptors (Lipinski definition) is 4. The fraction of sp³-hybridized carbons (Fsp3) is 0.375. The number of aryl methyl sites for hydroxylation is 1. The molecule has 0 spiro atoms. The van der Waals surface area contributed by atoms with E-state index in [1.807, 2.05) is 25.1 Å². The number of amides is 1. The Morgan fingerprint density at radius 3 is 2.55 bits per heavy atom. The molecule has 1 aliphatic heterocycles. The molecule has 31 heavy (non-hydrogen) atoms. The number of benzene rings is 2. The van der Waals surface area contributed by atoms with Gasteiger partial charge in [-0.1, -0.05) is 61.8 Å². The molecule has 4 rings (SSSR count). The molecule has 3 aromatic rings. The van der Waals surface area contributed by atoms with Gasteiger partial charge in [0, 0.05) is 22.4 Å². The van der Waals surface area contributed by atoms with Gasteiger partial charge >= 0.3 is 0 Å². The Kier molecular flexibility index (Phi) is 6.39. The molecule has 0 saturated carbocycles. The zero-order chi connectivity index (χ0) is 22.3. The first-order valence-corrected chi connectivity index (χ1v) is 13.5. The second kappa shape index (κ2) is 8.75. The minimum Gasteiger partial charge on any atom is -0.329 e. The van der Waals surface area contributed by atoms with Crippen LogP contribution < -0.4 is 0 Å². The van der Waals surface area contributed by atoms with Crippen LogP contribution in [0.3, 0.4) is 0 Å². The monoisotopic (exact) mass is 477 g/mol. The normalized spacial score (nSPS) is 19.1. The molecule has 1 amide bonds. The molecule has 1 aliphatic rings. The molecular weight excluding hydrogens is 450 g/mol. The van der Waals surface area contributed by atoms with Crippen LogP contribution in [0.1, 0.15) is 52.5 Å². The first kappa shape index (κ1) is 22.6. The van der Waals surface area contributed by atoms with Crippen molar-refractivity contribution < 1.29 is 13.9 Å². The van der Waals surface area contributed by atoms with Crippen LogP contribution in [0.4, 0.5) is 0 Å². The Labute approximate surface area is 194 Å². The van der Waals surface area contributed by atoms with E-state index in [9.17, 15) is 13.9 Å². The molecule has 2 N–H and O–H groups in total. The van der Waals surface area contributed by atoms with E-state index in [-0.39, 0.29) is 17.7 Å². The molecule has 1 fully saturated rings. The summed E-state index contributed by atoms with van der Waals surface area (Å²) in [6.07, 6.45) is 0.583. The molecule has 0 radical (unpaired) electrons. The van der Waals surface area contributed by atoms with Gasteiger partial charge in [-0.2, -0.15) is 10.6 Å². The van der Waals surface area contributed by atoms with Crippen LogP contribution in [-0.2, 0) is 6.54 Å². The average molecular weight is 478 g/mol. The second-order valence-electron chi connectivity index (χ2n) is 8.69. The number of rotatable bonds is 5. The van der Waals surface area contributed by atoms with Gasteiger partial charge in [0.05, 0.1) is 16.8 Å². The molecule has 4 nitrogen and oxygen atoms in total. The van der Waals surface area contributed by atoms with Crippen molar-refractivity contribution in [1.82, 2.24) is 4.90 Å². The van der Waals surface area contributed by atoms with Crippen molar-refractivity contribution in [2.24, 2.45) is 0 Å². The zero-order valence-corrected chi connectivity index (χ0v) is 20.4. The standard InChI is InChI=1S/C24H28ClNO3S2/c1-15(2)18-7-5-17(6-8-18)13-26(19-10-11-31(28,29)14-19)24(27)23-22(25)20-9-4-16(3)12-21(20)30-23/h4-9,12,15,19,28-29H,10-11,13-14H2,1-3H3. The molecule has 1 atom stereocenters. The van der Waals surface area contributed by atoms with Gasteiger partial charge in [-0.3, -0.25) is 13.9 Å². The summed E-state index contributed by atoms with van der Waals surface area (Å²) >= 11 is 8.05. The summed E-state index contributed by atoms with van der Waals surface area (Å²) in [6.45, 7) is 6.74. The van der Waals surface area contributed by atoms with Crippen molar-refractivity contribution in [3.8, 4) is 0 Å². The largest absolute Gasteiger partial charge is 0.329 e. The van der Waals surface area contributed by atoms with E-state index in [1.54, 1.807) is 4.90 Å². The number of halogens is 1. The molecule has 0 aliphatic carbocycles. The average Bonchev–Trinajstić information content (AvgIpc) is 3.24. The summed E-state index contributed by atoms with van der Waals surface area (Å²) in [5.41, 5.74) is 3.39. The van der Waals surface area contributed by atoms with Crippen molar-refractivity contribution in [3.63, 3.8) is 0 Å². The van der Waals surface area contributed by atoms with Crippen molar-refractivity contribution >= 4 is 49.5 Å². The number of nitrogens with zero attached hydrogens (tertiary/aromatic N) is 1. The lowest BCUT2D eigenvalue weighted by molar-refractivity contribution is 0.0686. The number of fused-ring (bicyclic) bond motifs is 1. The quantitative estimate of drug-likeness (QED) is 0.410. The van der Waals surface area contributed by atoms with Crippen LogP contribution in [-0.4, -0.2) is 37.5 Å². The van der Waals surface area contributed by atoms with Crippen LogP contribution in [0.2, 0.25) is 5.02 Å². The third-order valence-electron chi connectivity index (χ3n) is 5.92. The molecule has 1 saturated heterocycles. The van der Waals surface area contributed by atoms with E-state index in [2.05, 4.69) is 38.1 Å². The highest BCUT2D eigenvalue weighted by atomic mass is 35.5. The fourth-order valence-corrected chi connectivity index (χ4v) is 7.40. The van der Waals surface area contributed by atoms with E-state index in [0.29, 0.717) is 34.5 Å². The van der Waals surface area contributed by atoms with Crippen LogP contribution in [0.5, 0.6) is 0 Å². The summed E-state index contributed by atoms with van der Waals surface area (Å²) < 4.78 is 21.4. The molecule has 166 valence electrons. The summed E-state index contributed by atoms with van der Waals surface area (Å²) in [5, 5.41) is 1.37. The van der Waals surface area contributed by atoms with Crippen LogP contribution >= 0.6 is 33.5 Å². The van der Waals surface area contributed by atoms with Crippen molar-refractivity contribution in [1.29, 1.82) is 0 Å². The first-order chi connectivity index (χ1) is 14.6. The predicted molar refractivity (Wildman–Crippen MR) is 133 cm³/mol. The Morgan fingerprint density at radius 2 is 1.94 bits per heavy atom. The maximum absolute atomic E-state index is 13.7. The van der Waals surface area contributed by atoms with E-state index >= 15 is 0 Å². The fourth-order valence-electron chi connectivity index (χ4n) is 4.06. The number of hydrogen-bond donors (Lipinski definition) is 2. The predicted octanol–water partition coefficient (Wildman–Crippen LogP) is 7.15. The van der Waals surface area contributed by atoms with Gasteiger partial charge in [-0.05, 0) is 42.0 Å². The molecule has 1 unspecified atom stereocenters. The number of carbonyl (C=O) groups excluding carboxylic acids is 1. The summed E-state index contributed by atoms with van der Waals surface area (Å²) in [7, 11) is -2.63. The van der Waals surface area contributed by atoms with Gasteiger partial charge in [0.2, 0.25) is 0 Å². The third kappa shape index (κ3) is 4.78. The Hall–Kier alpha value is -1.57. The molecule has 0 bridgehead atoms. The van der Waals surface area contributed by atoms with Gasteiger partial charge < -0.3 is 4.90 Å². The zero-order valence-electron chi connectivity index (χ0n) is 18.0. The van der Waals surface area contributed by atoms with Gasteiger partial charge in [0.1, 0.15) is 4.88 Å².